The van der Waals surface area contributed by atoms with Gasteiger partial charge in [0.15, 0.2) is 0 Å². The topological polar surface area (TPSA) is 67.4 Å². The van der Waals surface area contributed by atoms with Crippen molar-refractivity contribution in [3.8, 4) is 0 Å². The smallest absolute Gasteiger partial charge is 0.219 e. The van der Waals surface area contributed by atoms with Crippen LogP contribution in [0.3, 0.4) is 0 Å². The van der Waals surface area contributed by atoms with Crippen LogP contribution in [0, 0.1) is 5.92 Å². The molecular formula is C10H22N2O3S. The molecule has 0 aromatic heterocycles. The van der Waals surface area contributed by atoms with Gasteiger partial charge in [0.25, 0.3) is 0 Å². The zero-order valence-corrected chi connectivity index (χ0v) is 11.0. The summed E-state index contributed by atoms with van der Waals surface area (Å²) < 4.78 is 30.9. The van der Waals surface area contributed by atoms with Crippen LogP contribution in [0.25, 0.3) is 0 Å². The Morgan fingerprint density at radius 2 is 1.88 bits per heavy atom. The molecule has 16 heavy (non-hydrogen) atoms. The Kier molecular flexibility index (Phi) is 5.17. The lowest BCUT2D eigenvalue weighted by Crippen LogP contribution is -2.51. The summed E-state index contributed by atoms with van der Waals surface area (Å²) in [6.07, 6.45) is 0. The Hall–Kier alpha value is -0.170. The molecule has 1 heterocycles. The molecule has 2 N–H and O–H groups in total. The van der Waals surface area contributed by atoms with Crippen LogP contribution in [0.2, 0.25) is 0 Å². The molecule has 1 unspecified atom stereocenters. The maximum absolute atomic E-state index is 11.7. The number of hydrogen-bond acceptors (Lipinski definition) is 4. The zero-order chi connectivity index (χ0) is 12.2. The predicted octanol–water partition coefficient (Wildman–Crippen LogP) is -0.0613. The van der Waals surface area contributed by atoms with Gasteiger partial charge in [0.05, 0.1) is 13.2 Å². The van der Waals surface area contributed by atoms with Crippen LogP contribution in [0.1, 0.15) is 20.8 Å². The van der Waals surface area contributed by atoms with Crippen LogP contribution in [0.15, 0.2) is 0 Å². The molecule has 0 spiro atoms. The van der Waals surface area contributed by atoms with E-state index in [0.29, 0.717) is 25.7 Å². The van der Waals surface area contributed by atoms with E-state index in [0.717, 1.165) is 6.54 Å². The molecule has 0 bridgehead atoms. The maximum Gasteiger partial charge on any atom is 0.219 e. The van der Waals surface area contributed by atoms with E-state index < -0.39 is 10.0 Å². The van der Waals surface area contributed by atoms with Gasteiger partial charge in [-0.25, -0.2) is 13.1 Å². The third kappa shape index (κ3) is 4.37. The molecule has 0 radical (unpaired) electrons. The largest absolute Gasteiger partial charge is 0.378 e. The number of nitrogens with one attached hydrogen (secondary N) is 2. The van der Waals surface area contributed by atoms with Crippen LogP contribution in [0.4, 0.5) is 0 Å². The normalized spacial score (nSPS) is 19.8. The van der Waals surface area contributed by atoms with Gasteiger partial charge >= 0.3 is 0 Å². The van der Waals surface area contributed by atoms with Gasteiger partial charge in [-0.15, -0.1) is 0 Å². The summed E-state index contributed by atoms with van der Waals surface area (Å²) >= 11 is 0. The Balaban J connectivity index is 2.24. The summed E-state index contributed by atoms with van der Waals surface area (Å²) in [4.78, 5) is 0. The molecule has 5 nitrogen and oxygen atoms in total. The van der Waals surface area contributed by atoms with Crippen molar-refractivity contribution in [3.05, 3.63) is 0 Å². The molecule has 1 aliphatic rings. The fourth-order valence-corrected chi connectivity index (χ4v) is 2.79. The summed E-state index contributed by atoms with van der Waals surface area (Å²) in [7, 11) is -3.19. The monoisotopic (exact) mass is 250 g/mol. The average Bonchev–Trinajstić information content (AvgIpc) is 1.96. The van der Waals surface area contributed by atoms with Gasteiger partial charge in [-0.1, -0.05) is 13.8 Å². The van der Waals surface area contributed by atoms with E-state index in [2.05, 4.69) is 23.9 Å². The summed E-state index contributed by atoms with van der Waals surface area (Å²) in [6.45, 7) is 8.30. The standard InChI is InChI=1S/C10H22N2O3S/c1-8(2)4-11-5-9(3)12-16(13,14)10-6-15-7-10/h8-12H,4-7H2,1-3H3. The Labute approximate surface area is 98.0 Å². The van der Waals surface area contributed by atoms with E-state index in [9.17, 15) is 8.42 Å². The second kappa shape index (κ2) is 5.95. The molecule has 6 heteroatoms. The van der Waals surface area contributed by atoms with E-state index in [4.69, 9.17) is 4.74 Å². The highest BCUT2D eigenvalue weighted by molar-refractivity contribution is 7.90. The summed E-state index contributed by atoms with van der Waals surface area (Å²) in [5.74, 6) is 0.573. The lowest BCUT2D eigenvalue weighted by molar-refractivity contribution is 0.0410. The van der Waals surface area contributed by atoms with Gasteiger partial charge in [0.2, 0.25) is 10.0 Å². The van der Waals surface area contributed by atoms with Crippen molar-refractivity contribution in [2.45, 2.75) is 32.1 Å². The van der Waals surface area contributed by atoms with E-state index >= 15 is 0 Å². The fraction of sp³-hybridized carbons (Fsp3) is 1.00. The lowest BCUT2D eigenvalue weighted by Gasteiger charge is -2.27. The van der Waals surface area contributed by atoms with Crippen LogP contribution in [-0.4, -0.2) is 46.0 Å². The van der Waals surface area contributed by atoms with Crippen molar-refractivity contribution >= 4 is 10.0 Å². The Morgan fingerprint density at radius 3 is 2.31 bits per heavy atom. The Morgan fingerprint density at radius 1 is 1.25 bits per heavy atom. The van der Waals surface area contributed by atoms with Crippen molar-refractivity contribution in [2.24, 2.45) is 5.92 Å². The second-order valence-corrected chi connectivity index (χ2v) is 6.77. The molecule has 0 saturated carbocycles. The summed E-state index contributed by atoms with van der Waals surface area (Å²) in [5.41, 5.74) is 0. The maximum atomic E-state index is 11.7. The highest BCUT2D eigenvalue weighted by Crippen LogP contribution is 2.10. The quantitative estimate of drug-likeness (QED) is 0.664. The van der Waals surface area contributed by atoms with Crippen LogP contribution >= 0.6 is 0 Å². The third-order valence-corrected chi connectivity index (χ3v) is 4.30. The van der Waals surface area contributed by atoms with Gasteiger partial charge in [0.1, 0.15) is 5.25 Å². The van der Waals surface area contributed by atoms with E-state index in [1.807, 2.05) is 6.92 Å². The molecule has 96 valence electrons. The van der Waals surface area contributed by atoms with Gasteiger partial charge in [-0.05, 0) is 19.4 Å². The molecular weight excluding hydrogens is 228 g/mol. The van der Waals surface area contributed by atoms with Gasteiger partial charge in [-0.2, -0.15) is 0 Å². The molecule has 1 saturated heterocycles. The van der Waals surface area contributed by atoms with Crippen molar-refractivity contribution < 1.29 is 13.2 Å². The van der Waals surface area contributed by atoms with Crippen LogP contribution < -0.4 is 10.0 Å². The van der Waals surface area contributed by atoms with Crippen LogP contribution in [-0.2, 0) is 14.8 Å². The number of hydrogen-bond donors (Lipinski definition) is 2. The average molecular weight is 250 g/mol. The first kappa shape index (κ1) is 13.9. The minimum absolute atomic E-state index is 0.0793. The molecule has 1 fully saturated rings. The van der Waals surface area contributed by atoms with Gasteiger partial charge in [-0.3, -0.25) is 0 Å². The van der Waals surface area contributed by atoms with E-state index in [1.54, 1.807) is 0 Å². The number of ether oxygens (including phenoxy) is 1. The van der Waals surface area contributed by atoms with Crippen molar-refractivity contribution in [3.63, 3.8) is 0 Å². The van der Waals surface area contributed by atoms with Crippen LogP contribution in [0.5, 0.6) is 0 Å². The van der Waals surface area contributed by atoms with Gasteiger partial charge in [0, 0.05) is 12.6 Å². The fourth-order valence-electron chi connectivity index (χ4n) is 1.40. The van der Waals surface area contributed by atoms with E-state index in [-0.39, 0.29) is 11.3 Å². The molecule has 0 aromatic carbocycles. The molecule has 0 amide bonds. The lowest BCUT2D eigenvalue weighted by atomic mass is 10.2. The van der Waals surface area contributed by atoms with Crippen molar-refractivity contribution in [2.75, 3.05) is 26.3 Å². The minimum Gasteiger partial charge on any atom is -0.378 e. The van der Waals surface area contributed by atoms with Crippen molar-refractivity contribution in [1.29, 1.82) is 0 Å². The highest BCUT2D eigenvalue weighted by Gasteiger charge is 2.33. The molecule has 1 aliphatic heterocycles. The SMILES string of the molecule is CC(C)CNCC(C)NS(=O)(=O)C1COC1. The highest BCUT2D eigenvalue weighted by atomic mass is 32.2. The molecule has 1 rings (SSSR count). The summed E-state index contributed by atoms with van der Waals surface area (Å²) in [6, 6.07) is -0.0793. The number of rotatable bonds is 7. The molecule has 0 aliphatic carbocycles. The van der Waals surface area contributed by atoms with Crippen molar-refractivity contribution in [1.82, 2.24) is 10.0 Å². The first-order chi connectivity index (χ1) is 7.42. The predicted molar refractivity (Wildman–Crippen MR) is 63.8 cm³/mol. The zero-order valence-electron chi connectivity index (χ0n) is 10.2. The number of sulfonamides is 1. The second-order valence-electron chi connectivity index (χ2n) is 4.78. The summed E-state index contributed by atoms with van der Waals surface area (Å²) in [5, 5.41) is 2.86. The van der Waals surface area contributed by atoms with E-state index in [1.165, 1.54) is 0 Å². The Bertz CT molecular complexity index is 299. The molecule has 0 aromatic rings. The molecule has 1 atom stereocenters. The first-order valence-electron chi connectivity index (χ1n) is 5.71. The minimum atomic E-state index is -3.19. The first-order valence-corrected chi connectivity index (χ1v) is 7.26. The third-order valence-electron chi connectivity index (χ3n) is 2.41. The van der Waals surface area contributed by atoms with Gasteiger partial charge < -0.3 is 10.1 Å².